The van der Waals surface area contributed by atoms with Gasteiger partial charge in [0.2, 0.25) is 0 Å². The molecule has 0 radical (unpaired) electrons. The molecule has 39 heavy (non-hydrogen) atoms. The van der Waals surface area contributed by atoms with Gasteiger partial charge >= 0.3 is 0 Å². The zero-order valence-electron chi connectivity index (χ0n) is 25.1. The van der Waals surface area contributed by atoms with Crippen LogP contribution in [0.1, 0.15) is 97.4 Å². The smallest absolute Gasteiger partial charge is 0.116 e. The molecule has 3 heteroatoms. The molecular formula is C36H42N2S. The highest BCUT2D eigenvalue weighted by Crippen LogP contribution is 2.53. The minimum absolute atomic E-state index is 0.0301. The molecule has 0 saturated carbocycles. The van der Waals surface area contributed by atoms with Gasteiger partial charge in [-0.05, 0) is 92.7 Å². The Hall–Kier alpha value is -2.78. The zero-order chi connectivity index (χ0) is 27.9. The van der Waals surface area contributed by atoms with E-state index in [4.69, 9.17) is 9.97 Å². The Labute approximate surface area is 237 Å². The van der Waals surface area contributed by atoms with Crippen molar-refractivity contribution in [2.24, 2.45) is 5.92 Å². The van der Waals surface area contributed by atoms with E-state index >= 15 is 0 Å². The molecule has 1 aliphatic rings. The Bertz CT molecular complexity index is 1740. The van der Waals surface area contributed by atoms with Gasteiger partial charge in [0.05, 0.1) is 15.9 Å². The highest BCUT2D eigenvalue weighted by atomic mass is 32.1. The maximum atomic E-state index is 4.95. The van der Waals surface area contributed by atoms with Crippen LogP contribution >= 0.6 is 11.3 Å². The maximum Gasteiger partial charge on any atom is 0.116 e. The molecule has 6 rings (SSSR count). The second-order valence-electron chi connectivity index (χ2n) is 14.5. The molecule has 2 nitrogen and oxygen atoms in total. The zero-order valence-corrected chi connectivity index (χ0v) is 25.9. The van der Waals surface area contributed by atoms with E-state index in [1.54, 1.807) is 17.5 Å². The van der Waals surface area contributed by atoms with Crippen LogP contribution in [0.3, 0.4) is 0 Å². The van der Waals surface area contributed by atoms with Crippen LogP contribution in [-0.4, -0.2) is 9.97 Å². The van der Waals surface area contributed by atoms with Gasteiger partial charge in [-0.15, -0.1) is 11.3 Å². The van der Waals surface area contributed by atoms with Crippen molar-refractivity contribution in [3.8, 4) is 11.3 Å². The molecule has 0 aliphatic heterocycles. The van der Waals surface area contributed by atoms with Crippen molar-refractivity contribution in [1.82, 2.24) is 9.97 Å². The SMILES string of the molecule is CC(C)Cc1cc2c(sc3c(-c4cc(C(C)(C)C)c5ccccc5c4)ncnc32)c2c1C(C)(C)CCC2(C)C. The van der Waals surface area contributed by atoms with Crippen LogP contribution in [-0.2, 0) is 22.7 Å². The fourth-order valence-electron chi connectivity index (χ4n) is 6.93. The van der Waals surface area contributed by atoms with E-state index < -0.39 is 0 Å². The largest absolute Gasteiger partial charge is 0.235 e. The Morgan fingerprint density at radius 1 is 0.846 bits per heavy atom. The van der Waals surface area contributed by atoms with E-state index in [-0.39, 0.29) is 16.2 Å². The van der Waals surface area contributed by atoms with E-state index in [9.17, 15) is 0 Å². The molecule has 5 aromatic rings. The lowest BCUT2D eigenvalue weighted by Gasteiger charge is -2.43. The number of benzene rings is 3. The molecule has 0 fully saturated rings. The summed E-state index contributed by atoms with van der Waals surface area (Å²) >= 11 is 1.92. The van der Waals surface area contributed by atoms with Crippen molar-refractivity contribution >= 4 is 42.4 Å². The molecule has 0 amide bonds. The molecule has 1 aliphatic carbocycles. The van der Waals surface area contributed by atoms with E-state index in [1.165, 1.54) is 55.1 Å². The van der Waals surface area contributed by atoms with Gasteiger partial charge in [-0.1, -0.05) is 86.6 Å². The first-order valence-corrected chi connectivity index (χ1v) is 15.4. The molecule has 0 spiro atoms. The van der Waals surface area contributed by atoms with Crippen molar-refractivity contribution in [1.29, 1.82) is 0 Å². The normalized spacial score (nSPS) is 16.9. The van der Waals surface area contributed by atoms with Gasteiger partial charge in [0, 0.05) is 15.6 Å². The lowest BCUT2D eigenvalue weighted by Crippen LogP contribution is -2.35. The summed E-state index contributed by atoms with van der Waals surface area (Å²) in [5, 5.41) is 3.91. The predicted octanol–water partition coefficient (Wildman–Crippen LogP) is 10.5. The summed E-state index contributed by atoms with van der Waals surface area (Å²) in [7, 11) is 0. The standard InChI is InChI=1S/C36H42N2S/c1-21(2)16-23-18-26-31-33(39-32(26)29-28(23)35(6,7)14-15-36(29,8)9)30(37-20-38-31)24-17-22-12-10-11-13-25(22)27(19-24)34(3,4)5/h10-13,17-21H,14-16H2,1-9H3. The Morgan fingerprint density at radius 3 is 2.23 bits per heavy atom. The molecule has 3 aromatic carbocycles. The van der Waals surface area contributed by atoms with Gasteiger partial charge < -0.3 is 0 Å². The fourth-order valence-corrected chi connectivity index (χ4v) is 8.41. The Balaban J connectivity index is 1.71. The molecule has 0 unspecified atom stereocenters. The predicted molar refractivity (Wildman–Crippen MR) is 170 cm³/mol. The van der Waals surface area contributed by atoms with Crippen molar-refractivity contribution in [2.45, 2.75) is 97.8 Å². The monoisotopic (exact) mass is 534 g/mol. The quantitative estimate of drug-likeness (QED) is 0.230. The van der Waals surface area contributed by atoms with E-state index in [2.05, 4.69) is 105 Å². The first-order chi connectivity index (χ1) is 18.3. The van der Waals surface area contributed by atoms with Crippen LogP contribution in [0.25, 0.3) is 42.3 Å². The third-order valence-corrected chi connectivity index (χ3v) is 10.1. The molecule has 0 N–H and O–H groups in total. The van der Waals surface area contributed by atoms with Crippen LogP contribution in [0.5, 0.6) is 0 Å². The van der Waals surface area contributed by atoms with Crippen LogP contribution in [0, 0.1) is 5.92 Å². The van der Waals surface area contributed by atoms with Gasteiger partial charge in [-0.25, -0.2) is 9.97 Å². The number of nitrogens with zero attached hydrogens (tertiary/aromatic N) is 2. The third kappa shape index (κ3) is 4.29. The van der Waals surface area contributed by atoms with E-state index in [0.717, 1.165) is 17.6 Å². The molecule has 0 atom stereocenters. The third-order valence-electron chi connectivity index (χ3n) is 8.92. The molecule has 0 bridgehead atoms. The van der Waals surface area contributed by atoms with Crippen molar-refractivity contribution in [3.05, 3.63) is 71.0 Å². The molecule has 2 heterocycles. The van der Waals surface area contributed by atoms with Gasteiger partial charge in [-0.2, -0.15) is 0 Å². The summed E-state index contributed by atoms with van der Waals surface area (Å²) in [4.78, 5) is 9.89. The van der Waals surface area contributed by atoms with Gasteiger partial charge in [0.1, 0.15) is 6.33 Å². The number of hydrogen-bond donors (Lipinski definition) is 0. The van der Waals surface area contributed by atoms with E-state index in [1.807, 2.05) is 11.3 Å². The fraction of sp³-hybridized carbons (Fsp3) is 0.444. The average molecular weight is 535 g/mol. The second kappa shape index (κ2) is 8.86. The van der Waals surface area contributed by atoms with Gasteiger partial charge in [0.15, 0.2) is 0 Å². The summed E-state index contributed by atoms with van der Waals surface area (Å²) in [5.74, 6) is 0.607. The first kappa shape index (κ1) is 26.4. The van der Waals surface area contributed by atoms with Crippen LogP contribution in [0.15, 0.2) is 48.8 Å². The topological polar surface area (TPSA) is 25.8 Å². The van der Waals surface area contributed by atoms with Crippen LogP contribution in [0.4, 0.5) is 0 Å². The average Bonchev–Trinajstić information content (AvgIpc) is 3.23. The summed E-state index contributed by atoms with van der Waals surface area (Å²) in [6.07, 6.45) is 5.32. The number of thiophene rings is 1. The van der Waals surface area contributed by atoms with Gasteiger partial charge in [-0.3, -0.25) is 0 Å². The number of rotatable bonds is 3. The highest BCUT2D eigenvalue weighted by molar-refractivity contribution is 7.26. The summed E-state index contributed by atoms with van der Waals surface area (Å²) in [6.45, 7) is 21.4. The molecule has 2 aromatic heterocycles. The van der Waals surface area contributed by atoms with E-state index in [0.29, 0.717) is 5.92 Å². The first-order valence-electron chi connectivity index (χ1n) is 14.6. The molecular weight excluding hydrogens is 492 g/mol. The molecule has 202 valence electrons. The van der Waals surface area contributed by atoms with Crippen molar-refractivity contribution < 1.29 is 0 Å². The van der Waals surface area contributed by atoms with Crippen LogP contribution in [0.2, 0.25) is 0 Å². The summed E-state index contributed by atoms with van der Waals surface area (Å²) < 4.78 is 2.63. The summed E-state index contributed by atoms with van der Waals surface area (Å²) in [6, 6.07) is 16.0. The Morgan fingerprint density at radius 2 is 1.54 bits per heavy atom. The van der Waals surface area contributed by atoms with Crippen molar-refractivity contribution in [2.75, 3.05) is 0 Å². The Kier molecular flexibility index (Phi) is 6.01. The highest BCUT2D eigenvalue weighted by Gasteiger charge is 2.41. The summed E-state index contributed by atoms with van der Waals surface area (Å²) in [5.41, 5.74) is 9.74. The second-order valence-corrected chi connectivity index (χ2v) is 15.5. The minimum Gasteiger partial charge on any atom is -0.235 e. The van der Waals surface area contributed by atoms with Crippen molar-refractivity contribution in [3.63, 3.8) is 0 Å². The molecule has 0 saturated heterocycles. The maximum absolute atomic E-state index is 4.95. The number of aromatic nitrogens is 2. The van der Waals surface area contributed by atoms with Gasteiger partial charge in [0.25, 0.3) is 0 Å². The minimum atomic E-state index is 0.0301. The van der Waals surface area contributed by atoms with Crippen LogP contribution < -0.4 is 0 Å². The lowest BCUT2D eigenvalue weighted by molar-refractivity contribution is 0.331. The number of fused-ring (bicyclic) bond motifs is 6. The lowest BCUT2D eigenvalue weighted by atomic mass is 9.61. The number of hydrogen-bond acceptors (Lipinski definition) is 3.